The van der Waals surface area contributed by atoms with Crippen LogP contribution in [-0.2, 0) is 0 Å². The Labute approximate surface area is 153 Å². The predicted molar refractivity (Wildman–Crippen MR) is 113 cm³/mol. The first-order chi connectivity index (χ1) is 11.9. The van der Waals surface area contributed by atoms with Gasteiger partial charge < -0.3 is 0 Å². The number of hydrogen-bond donors (Lipinski definition) is 0. The summed E-state index contributed by atoms with van der Waals surface area (Å²) in [4.78, 5) is 0. The highest BCUT2D eigenvalue weighted by molar-refractivity contribution is 7.12. The van der Waals surface area contributed by atoms with E-state index in [9.17, 15) is 0 Å². The topological polar surface area (TPSA) is 0 Å². The van der Waals surface area contributed by atoms with Crippen LogP contribution in [0.25, 0.3) is 0 Å². The molecule has 0 radical (unpaired) electrons. The van der Waals surface area contributed by atoms with E-state index >= 15 is 0 Å². The van der Waals surface area contributed by atoms with Crippen LogP contribution in [0.2, 0.25) is 5.54 Å². The van der Waals surface area contributed by atoms with E-state index in [1.165, 1.54) is 32.3 Å². The molecule has 0 fully saturated rings. The van der Waals surface area contributed by atoms with Crippen molar-refractivity contribution in [3.63, 3.8) is 0 Å². The molecule has 0 bridgehead atoms. The van der Waals surface area contributed by atoms with Crippen LogP contribution in [0.4, 0.5) is 0 Å². The highest BCUT2D eigenvalue weighted by Crippen LogP contribution is 2.22. The van der Waals surface area contributed by atoms with Crippen LogP contribution in [-0.4, -0.2) is 8.07 Å². The maximum absolute atomic E-state index is 2.39. The predicted octanol–water partition coefficient (Wildman–Crippen LogP) is 4.49. The summed E-state index contributed by atoms with van der Waals surface area (Å²) in [5.41, 5.74) is 4.54. The van der Waals surface area contributed by atoms with Crippen molar-refractivity contribution in [2.24, 2.45) is 0 Å². The quantitative estimate of drug-likeness (QED) is 0.483. The zero-order chi connectivity index (χ0) is 18.0. The van der Waals surface area contributed by atoms with E-state index in [0.717, 1.165) is 0 Å². The molecule has 3 rings (SSSR count). The molecule has 0 aliphatic rings. The third kappa shape index (κ3) is 3.21. The van der Waals surface area contributed by atoms with Gasteiger partial charge in [-0.3, -0.25) is 0 Å². The Balaban J connectivity index is 2.33. The number of benzene rings is 3. The summed E-state index contributed by atoms with van der Waals surface area (Å²) in [6.45, 7) is 11.3. The molecule has 0 saturated carbocycles. The molecule has 0 aliphatic heterocycles. The lowest BCUT2D eigenvalue weighted by Gasteiger charge is -2.37. The zero-order valence-electron chi connectivity index (χ0n) is 16.0. The van der Waals surface area contributed by atoms with E-state index in [2.05, 4.69) is 107 Å². The Hall–Kier alpha value is -2.12. The highest BCUT2D eigenvalue weighted by Gasteiger charge is 2.42. The molecule has 0 spiro atoms. The average molecular weight is 345 g/mol. The van der Waals surface area contributed by atoms with Crippen molar-refractivity contribution in [1.29, 1.82) is 0 Å². The fourth-order valence-corrected chi connectivity index (χ4v) is 9.03. The van der Waals surface area contributed by atoms with Gasteiger partial charge in [-0.2, -0.15) is 0 Å². The minimum atomic E-state index is -2.07. The SMILES string of the molecule is Cc1ccc([Si](c2ccc(C)cc2)(c2ccc(C)cc2)C(C)C)cc1. The molecule has 0 unspecified atom stereocenters. The first kappa shape index (κ1) is 17.7. The van der Waals surface area contributed by atoms with Crippen LogP contribution in [0.15, 0.2) is 72.8 Å². The molecule has 128 valence electrons. The van der Waals surface area contributed by atoms with E-state index < -0.39 is 8.07 Å². The Morgan fingerprint density at radius 3 is 0.920 bits per heavy atom. The fraction of sp³-hybridized carbons (Fsp3) is 0.250. The Morgan fingerprint density at radius 1 is 0.480 bits per heavy atom. The molecular formula is C24H28Si. The summed E-state index contributed by atoms with van der Waals surface area (Å²) >= 11 is 0. The van der Waals surface area contributed by atoms with Gasteiger partial charge in [-0.25, -0.2) is 0 Å². The Morgan fingerprint density at radius 2 is 0.720 bits per heavy atom. The molecule has 25 heavy (non-hydrogen) atoms. The summed E-state index contributed by atoms with van der Waals surface area (Å²) in [7, 11) is -2.07. The molecule has 0 aliphatic carbocycles. The van der Waals surface area contributed by atoms with Crippen molar-refractivity contribution in [2.75, 3.05) is 0 Å². The van der Waals surface area contributed by atoms with Crippen LogP contribution in [0.3, 0.4) is 0 Å². The van der Waals surface area contributed by atoms with Gasteiger partial charge in [0.15, 0.2) is 8.07 Å². The van der Waals surface area contributed by atoms with Crippen LogP contribution in [0, 0.1) is 20.8 Å². The van der Waals surface area contributed by atoms with Gasteiger partial charge in [-0.05, 0) is 41.9 Å². The van der Waals surface area contributed by atoms with Crippen LogP contribution in [0.1, 0.15) is 30.5 Å². The minimum absolute atomic E-state index is 0.570. The molecule has 0 amide bonds. The lowest BCUT2D eigenvalue weighted by molar-refractivity contribution is 1.04. The van der Waals surface area contributed by atoms with Gasteiger partial charge in [0.2, 0.25) is 0 Å². The first-order valence-corrected chi connectivity index (χ1v) is 11.2. The van der Waals surface area contributed by atoms with E-state index in [0.29, 0.717) is 5.54 Å². The Bertz CT molecular complexity index is 714. The van der Waals surface area contributed by atoms with Crippen LogP contribution < -0.4 is 15.6 Å². The summed E-state index contributed by atoms with van der Waals surface area (Å²) in [6, 6.07) is 27.8. The van der Waals surface area contributed by atoms with E-state index in [-0.39, 0.29) is 0 Å². The third-order valence-corrected chi connectivity index (χ3v) is 10.9. The van der Waals surface area contributed by atoms with Gasteiger partial charge in [0.1, 0.15) is 0 Å². The zero-order valence-corrected chi connectivity index (χ0v) is 17.0. The smallest absolute Gasteiger partial charge is 0.0642 e. The molecule has 0 heterocycles. The van der Waals surface area contributed by atoms with Crippen molar-refractivity contribution >= 4 is 23.6 Å². The molecule has 0 saturated heterocycles. The summed E-state index contributed by atoms with van der Waals surface area (Å²) in [5.74, 6) is 0. The van der Waals surface area contributed by atoms with Gasteiger partial charge in [-0.15, -0.1) is 0 Å². The summed E-state index contributed by atoms with van der Waals surface area (Å²) in [5, 5.41) is 4.50. The first-order valence-electron chi connectivity index (χ1n) is 9.16. The van der Waals surface area contributed by atoms with E-state index in [1.807, 2.05) is 0 Å². The highest BCUT2D eigenvalue weighted by atomic mass is 28.3. The normalized spacial score (nSPS) is 11.8. The van der Waals surface area contributed by atoms with E-state index in [1.54, 1.807) is 0 Å². The lowest BCUT2D eigenvalue weighted by atomic mass is 10.2. The molecule has 3 aromatic rings. The fourth-order valence-electron chi connectivity index (χ4n) is 3.95. The second-order valence-corrected chi connectivity index (χ2v) is 12.1. The van der Waals surface area contributed by atoms with E-state index in [4.69, 9.17) is 0 Å². The third-order valence-electron chi connectivity index (χ3n) is 5.39. The Kier molecular flexibility index (Phi) is 4.96. The second-order valence-electron chi connectivity index (χ2n) is 7.56. The van der Waals surface area contributed by atoms with Crippen LogP contribution >= 0.6 is 0 Å². The average Bonchev–Trinajstić information content (AvgIpc) is 2.60. The van der Waals surface area contributed by atoms with Crippen molar-refractivity contribution in [1.82, 2.24) is 0 Å². The molecular weight excluding hydrogens is 316 g/mol. The van der Waals surface area contributed by atoms with Crippen molar-refractivity contribution < 1.29 is 0 Å². The number of aryl methyl sites for hydroxylation is 3. The summed E-state index contributed by atoms with van der Waals surface area (Å²) in [6.07, 6.45) is 0. The largest absolute Gasteiger partial charge is 0.150 e. The lowest BCUT2D eigenvalue weighted by Crippen LogP contribution is -2.69. The molecule has 0 nitrogen and oxygen atoms in total. The maximum Gasteiger partial charge on any atom is 0.150 e. The van der Waals surface area contributed by atoms with Crippen molar-refractivity contribution in [2.45, 2.75) is 40.2 Å². The monoisotopic (exact) mass is 344 g/mol. The minimum Gasteiger partial charge on any atom is -0.0642 e. The summed E-state index contributed by atoms with van der Waals surface area (Å²) < 4.78 is 0. The number of hydrogen-bond acceptors (Lipinski definition) is 0. The van der Waals surface area contributed by atoms with Gasteiger partial charge in [0.05, 0.1) is 0 Å². The van der Waals surface area contributed by atoms with Gasteiger partial charge in [0.25, 0.3) is 0 Å². The van der Waals surface area contributed by atoms with Crippen molar-refractivity contribution in [3.05, 3.63) is 89.5 Å². The molecule has 0 atom stereocenters. The van der Waals surface area contributed by atoms with Crippen molar-refractivity contribution in [3.8, 4) is 0 Å². The second kappa shape index (κ2) is 7.01. The number of rotatable bonds is 4. The molecule has 0 N–H and O–H groups in total. The van der Waals surface area contributed by atoms with Gasteiger partial charge in [-0.1, -0.05) is 103 Å². The molecule has 0 aromatic heterocycles. The van der Waals surface area contributed by atoms with Crippen LogP contribution in [0.5, 0.6) is 0 Å². The van der Waals surface area contributed by atoms with Gasteiger partial charge >= 0.3 is 0 Å². The van der Waals surface area contributed by atoms with Gasteiger partial charge in [0, 0.05) is 0 Å². The molecule has 3 aromatic carbocycles. The molecule has 1 heteroatoms. The maximum atomic E-state index is 2.39. The standard InChI is InChI=1S/C24H28Si/c1-18(2)25(22-12-6-19(3)7-13-22,23-14-8-20(4)9-15-23)24-16-10-21(5)11-17-24/h6-18H,1-5H3.